The lowest BCUT2D eigenvalue weighted by molar-refractivity contribution is 0.0694. The normalized spacial score (nSPS) is 16.7. The number of carboxylic acid groups (broad SMARTS) is 1. The first-order valence-corrected chi connectivity index (χ1v) is 8.78. The number of hydrogen-bond acceptors (Lipinski definition) is 4. The second kappa shape index (κ2) is 7.78. The number of rotatable bonds is 6. The van der Waals surface area contributed by atoms with Crippen molar-refractivity contribution in [3.63, 3.8) is 0 Å². The molecular formula is C19H23FN2O3. The van der Waals surface area contributed by atoms with Gasteiger partial charge in [-0.3, -0.25) is 0 Å². The lowest BCUT2D eigenvalue weighted by atomic mass is 9.89. The largest absolute Gasteiger partial charge is 0.477 e. The molecule has 1 aromatic heterocycles. The smallest absolute Gasteiger partial charge is 0.341 e. The first-order valence-electron chi connectivity index (χ1n) is 8.78. The molecule has 25 heavy (non-hydrogen) atoms. The Morgan fingerprint density at radius 3 is 2.64 bits per heavy atom. The van der Waals surface area contributed by atoms with Crippen molar-refractivity contribution in [3.8, 4) is 11.3 Å². The maximum atomic E-state index is 13.1. The van der Waals surface area contributed by atoms with Gasteiger partial charge in [0.2, 0.25) is 0 Å². The number of halogens is 1. The van der Waals surface area contributed by atoms with Crippen LogP contribution >= 0.6 is 0 Å². The quantitative estimate of drug-likeness (QED) is 0.810. The van der Waals surface area contributed by atoms with Gasteiger partial charge in [0.15, 0.2) is 5.76 Å². The third kappa shape index (κ3) is 4.07. The fourth-order valence-corrected chi connectivity index (χ4v) is 3.44. The maximum absolute atomic E-state index is 13.1. The van der Waals surface area contributed by atoms with Gasteiger partial charge >= 0.3 is 5.97 Å². The van der Waals surface area contributed by atoms with Crippen LogP contribution in [0.3, 0.4) is 0 Å². The van der Waals surface area contributed by atoms with Crippen molar-refractivity contribution in [2.24, 2.45) is 5.92 Å². The van der Waals surface area contributed by atoms with Crippen LogP contribution < -0.4 is 5.32 Å². The van der Waals surface area contributed by atoms with Crippen molar-refractivity contribution in [1.29, 1.82) is 0 Å². The zero-order valence-corrected chi connectivity index (χ0v) is 14.3. The minimum absolute atomic E-state index is 0.0373. The maximum Gasteiger partial charge on any atom is 0.341 e. The van der Waals surface area contributed by atoms with Crippen LogP contribution in [0.1, 0.15) is 61.2 Å². The number of aromatic nitrogens is 1. The number of carboxylic acids is 1. The van der Waals surface area contributed by atoms with Crippen LogP contribution in [0.4, 0.5) is 4.39 Å². The third-order valence-corrected chi connectivity index (χ3v) is 4.88. The van der Waals surface area contributed by atoms with Crippen molar-refractivity contribution >= 4 is 5.97 Å². The molecule has 2 N–H and O–H groups in total. The predicted molar refractivity (Wildman–Crippen MR) is 91.8 cm³/mol. The fraction of sp³-hybridized carbons (Fsp3) is 0.474. The van der Waals surface area contributed by atoms with E-state index in [1.807, 2.05) is 6.92 Å². The molecule has 0 spiro atoms. The van der Waals surface area contributed by atoms with E-state index < -0.39 is 5.97 Å². The number of nitrogens with zero attached hydrogens (tertiary/aromatic N) is 1. The summed E-state index contributed by atoms with van der Waals surface area (Å²) in [6, 6.07) is 5.31. The number of carbonyl (C=O) groups is 1. The van der Waals surface area contributed by atoms with E-state index in [2.05, 4.69) is 10.5 Å². The van der Waals surface area contributed by atoms with Crippen molar-refractivity contribution in [2.75, 3.05) is 6.54 Å². The van der Waals surface area contributed by atoms with E-state index in [1.165, 1.54) is 56.4 Å². The Morgan fingerprint density at radius 1 is 1.32 bits per heavy atom. The molecule has 1 saturated carbocycles. The zero-order valence-electron chi connectivity index (χ0n) is 14.3. The Labute approximate surface area is 146 Å². The highest BCUT2D eigenvalue weighted by atomic mass is 19.1. The fourth-order valence-electron chi connectivity index (χ4n) is 3.44. The molecule has 0 aliphatic heterocycles. The van der Waals surface area contributed by atoms with E-state index in [0.29, 0.717) is 17.2 Å². The molecule has 1 fully saturated rings. The van der Waals surface area contributed by atoms with Gasteiger partial charge in [-0.2, -0.15) is 0 Å². The molecule has 0 saturated heterocycles. The van der Waals surface area contributed by atoms with E-state index in [4.69, 9.17) is 4.52 Å². The lowest BCUT2D eigenvalue weighted by Crippen LogP contribution is -2.27. The van der Waals surface area contributed by atoms with E-state index in [-0.39, 0.29) is 23.1 Å². The molecular weight excluding hydrogens is 323 g/mol. The standard InChI is InChI=1S/C19H23FN2O3/c1-12(21-11-13-5-3-2-4-6-13)18-16(19(23)24)17(22-25-18)14-7-9-15(20)10-8-14/h7-10,12-13,21H,2-6,11H2,1H3,(H,23,24). The summed E-state index contributed by atoms with van der Waals surface area (Å²) in [5.41, 5.74) is 0.789. The summed E-state index contributed by atoms with van der Waals surface area (Å²) in [6.45, 7) is 2.72. The second-order valence-electron chi connectivity index (χ2n) is 6.72. The number of hydrogen-bond donors (Lipinski definition) is 2. The van der Waals surface area contributed by atoms with Crippen molar-refractivity contribution in [3.05, 3.63) is 41.4 Å². The second-order valence-corrected chi connectivity index (χ2v) is 6.72. The molecule has 1 unspecified atom stereocenters. The van der Waals surface area contributed by atoms with Crippen LogP contribution in [0.15, 0.2) is 28.8 Å². The van der Waals surface area contributed by atoms with Crippen LogP contribution in [0.2, 0.25) is 0 Å². The number of benzene rings is 1. The Kier molecular flexibility index (Phi) is 5.48. The molecule has 1 heterocycles. The van der Waals surface area contributed by atoms with Gasteiger partial charge in [0.05, 0.1) is 6.04 Å². The van der Waals surface area contributed by atoms with Gasteiger partial charge in [-0.15, -0.1) is 0 Å². The minimum Gasteiger partial charge on any atom is -0.477 e. The summed E-state index contributed by atoms with van der Waals surface area (Å²) >= 11 is 0. The van der Waals surface area contributed by atoms with Crippen LogP contribution in [-0.2, 0) is 0 Å². The molecule has 5 nitrogen and oxygen atoms in total. The molecule has 3 rings (SSSR count). The minimum atomic E-state index is -1.10. The zero-order chi connectivity index (χ0) is 17.8. The average molecular weight is 346 g/mol. The first kappa shape index (κ1) is 17.6. The van der Waals surface area contributed by atoms with Crippen LogP contribution in [0.25, 0.3) is 11.3 Å². The Bertz CT molecular complexity index is 721. The molecule has 0 radical (unpaired) electrons. The molecule has 1 aliphatic rings. The molecule has 134 valence electrons. The van der Waals surface area contributed by atoms with Gasteiger partial charge in [0, 0.05) is 5.56 Å². The van der Waals surface area contributed by atoms with Gasteiger partial charge in [-0.25, -0.2) is 9.18 Å². The Balaban J connectivity index is 1.78. The van der Waals surface area contributed by atoms with Crippen molar-refractivity contribution < 1.29 is 18.8 Å². The summed E-state index contributed by atoms with van der Waals surface area (Å²) in [6.07, 6.45) is 6.25. The molecule has 1 aliphatic carbocycles. The molecule has 2 aromatic rings. The van der Waals surface area contributed by atoms with E-state index >= 15 is 0 Å². The summed E-state index contributed by atoms with van der Waals surface area (Å²) in [7, 11) is 0. The Hall–Kier alpha value is -2.21. The first-order chi connectivity index (χ1) is 12.1. The summed E-state index contributed by atoms with van der Waals surface area (Å²) < 4.78 is 18.5. The molecule has 1 aromatic carbocycles. The summed E-state index contributed by atoms with van der Waals surface area (Å²) in [4.78, 5) is 11.8. The van der Waals surface area contributed by atoms with Crippen molar-refractivity contribution in [1.82, 2.24) is 10.5 Å². The van der Waals surface area contributed by atoms with Gasteiger partial charge in [0.25, 0.3) is 0 Å². The number of aromatic carboxylic acids is 1. The van der Waals surface area contributed by atoms with Gasteiger partial charge in [0.1, 0.15) is 17.1 Å². The van der Waals surface area contributed by atoms with Gasteiger partial charge in [-0.05, 0) is 56.5 Å². The third-order valence-electron chi connectivity index (χ3n) is 4.88. The summed E-state index contributed by atoms with van der Waals surface area (Å²) in [5, 5.41) is 16.9. The molecule has 6 heteroatoms. The highest BCUT2D eigenvalue weighted by molar-refractivity contribution is 5.95. The van der Waals surface area contributed by atoms with Crippen LogP contribution in [0.5, 0.6) is 0 Å². The van der Waals surface area contributed by atoms with Gasteiger partial charge in [-0.1, -0.05) is 24.4 Å². The van der Waals surface area contributed by atoms with E-state index in [1.54, 1.807) is 0 Å². The number of nitrogens with one attached hydrogen (secondary N) is 1. The lowest BCUT2D eigenvalue weighted by Gasteiger charge is -2.23. The Morgan fingerprint density at radius 2 is 2.00 bits per heavy atom. The average Bonchev–Trinajstić information content (AvgIpc) is 3.06. The topological polar surface area (TPSA) is 75.4 Å². The molecule has 0 amide bonds. The van der Waals surface area contributed by atoms with Crippen LogP contribution in [0, 0.1) is 11.7 Å². The van der Waals surface area contributed by atoms with E-state index in [9.17, 15) is 14.3 Å². The monoisotopic (exact) mass is 346 g/mol. The molecule has 0 bridgehead atoms. The predicted octanol–water partition coefficient (Wildman–Crippen LogP) is 4.41. The highest BCUT2D eigenvalue weighted by Gasteiger charge is 2.27. The van der Waals surface area contributed by atoms with Gasteiger partial charge < -0.3 is 14.9 Å². The van der Waals surface area contributed by atoms with Crippen LogP contribution in [-0.4, -0.2) is 22.8 Å². The SMILES string of the molecule is CC(NCC1CCCCC1)c1onc(-c2ccc(F)cc2)c1C(=O)O. The molecule has 1 atom stereocenters. The van der Waals surface area contributed by atoms with Crippen molar-refractivity contribution in [2.45, 2.75) is 45.1 Å². The highest BCUT2D eigenvalue weighted by Crippen LogP contribution is 2.30. The van der Waals surface area contributed by atoms with E-state index in [0.717, 1.165) is 6.54 Å². The summed E-state index contributed by atoms with van der Waals surface area (Å²) in [5.74, 6) is -0.541.